The van der Waals surface area contributed by atoms with Crippen LogP contribution in [0.15, 0.2) is 59.8 Å². The highest BCUT2D eigenvalue weighted by atomic mass is 32.1. The molecule has 0 aliphatic carbocycles. The molecule has 1 atom stereocenters. The number of amides is 2. The summed E-state index contributed by atoms with van der Waals surface area (Å²) in [5.41, 5.74) is 1.40. The predicted octanol–water partition coefficient (Wildman–Crippen LogP) is 5.44. The van der Waals surface area contributed by atoms with Gasteiger partial charge in [0.1, 0.15) is 0 Å². The van der Waals surface area contributed by atoms with E-state index in [1.54, 1.807) is 31.2 Å². The highest BCUT2D eigenvalue weighted by Gasteiger charge is 2.34. The van der Waals surface area contributed by atoms with Crippen LogP contribution in [0.3, 0.4) is 0 Å². The van der Waals surface area contributed by atoms with Gasteiger partial charge in [0.05, 0.1) is 23.8 Å². The van der Waals surface area contributed by atoms with Gasteiger partial charge in [0.25, 0.3) is 0 Å². The molecular formula is C24H25F3N4O3S. The summed E-state index contributed by atoms with van der Waals surface area (Å²) in [5.74, 6) is -0.453. The maximum atomic E-state index is 12.9. The van der Waals surface area contributed by atoms with Gasteiger partial charge in [-0.15, -0.1) is 0 Å². The van der Waals surface area contributed by atoms with E-state index in [-0.39, 0.29) is 12.3 Å². The van der Waals surface area contributed by atoms with Gasteiger partial charge in [-0.25, -0.2) is 9.59 Å². The number of carbonyl (C=O) groups excluding carboxylic acids is 2. The lowest BCUT2D eigenvalue weighted by atomic mass is 9.95. The zero-order valence-corrected chi connectivity index (χ0v) is 20.1. The van der Waals surface area contributed by atoms with E-state index in [0.717, 1.165) is 12.1 Å². The van der Waals surface area contributed by atoms with Crippen molar-refractivity contribution in [3.05, 3.63) is 70.9 Å². The fraction of sp³-hybridized carbons (Fsp3) is 0.292. The first-order valence-corrected chi connectivity index (χ1v) is 11.3. The second-order valence-electron chi connectivity index (χ2n) is 7.63. The van der Waals surface area contributed by atoms with E-state index in [1.807, 2.05) is 18.7 Å². The monoisotopic (exact) mass is 506 g/mol. The number of benzene rings is 2. The number of hydrogen-bond acceptors (Lipinski definition) is 4. The summed E-state index contributed by atoms with van der Waals surface area (Å²) in [5, 5.41) is 8.61. The van der Waals surface area contributed by atoms with Crippen LogP contribution in [0.25, 0.3) is 0 Å². The van der Waals surface area contributed by atoms with Crippen LogP contribution in [0.1, 0.15) is 37.9 Å². The molecular weight excluding hydrogens is 481 g/mol. The van der Waals surface area contributed by atoms with Crippen LogP contribution in [-0.4, -0.2) is 35.2 Å². The zero-order valence-electron chi connectivity index (χ0n) is 19.3. The van der Waals surface area contributed by atoms with Crippen LogP contribution >= 0.6 is 12.2 Å². The summed E-state index contributed by atoms with van der Waals surface area (Å²) in [6.45, 7) is 6.27. The molecule has 1 aliphatic heterocycles. The first kappa shape index (κ1) is 26.0. The molecule has 2 amide bonds. The molecule has 1 heterocycles. The largest absolute Gasteiger partial charge is 0.463 e. The van der Waals surface area contributed by atoms with Crippen molar-refractivity contribution in [2.75, 3.05) is 23.8 Å². The maximum absolute atomic E-state index is 12.9. The predicted molar refractivity (Wildman–Crippen MR) is 131 cm³/mol. The van der Waals surface area contributed by atoms with Crippen molar-refractivity contribution in [1.29, 1.82) is 0 Å². The Morgan fingerprint density at radius 1 is 1.09 bits per heavy atom. The van der Waals surface area contributed by atoms with Crippen molar-refractivity contribution >= 4 is 40.7 Å². The number of urea groups is 1. The molecule has 3 N–H and O–H groups in total. The van der Waals surface area contributed by atoms with Crippen molar-refractivity contribution in [2.45, 2.75) is 33.0 Å². The Morgan fingerprint density at radius 2 is 1.74 bits per heavy atom. The minimum Gasteiger partial charge on any atom is -0.463 e. The molecule has 0 fully saturated rings. The van der Waals surface area contributed by atoms with Gasteiger partial charge in [-0.1, -0.05) is 18.2 Å². The van der Waals surface area contributed by atoms with E-state index in [0.29, 0.717) is 34.2 Å². The van der Waals surface area contributed by atoms with E-state index in [1.165, 1.54) is 12.1 Å². The van der Waals surface area contributed by atoms with Gasteiger partial charge in [-0.3, -0.25) is 0 Å². The summed E-state index contributed by atoms with van der Waals surface area (Å²) >= 11 is 5.45. The molecule has 3 rings (SSSR count). The third-order valence-corrected chi connectivity index (χ3v) is 5.70. The van der Waals surface area contributed by atoms with E-state index in [9.17, 15) is 22.8 Å². The Balaban J connectivity index is 1.76. The quantitative estimate of drug-likeness (QED) is 0.358. The molecule has 0 aromatic heterocycles. The molecule has 2 aromatic rings. The first-order valence-electron chi connectivity index (χ1n) is 10.9. The lowest BCUT2D eigenvalue weighted by Gasteiger charge is -2.37. The van der Waals surface area contributed by atoms with Crippen LogP contribution in [0.5, 0.6) is 0 Å². The second kappa shape index (κ2) is 10.8. The van der Waals surface area contributed by atoms with E-state index < -0.39 is 29.8 Å². The van der Waals surface area contributed by atoms with Gasteiger partial charge in [-0.05, 0) is 68.9 Å². The smallest absolute Gasteiger partial charge is 0.416 e. The Labute approximate surface area is 206 Å². The van der Waals surface area contributed by atoms with Gasteiger partial charge in [0, 0.05) is 23.6 Å². The molecule has 0 saturated heterocycles. The topological polar surface area (TPSA) is 82.7 Å². The van der Waals surface area contributed by atoms with Gasteiger partial charge in [-0.2, -0.15) is 13.2 Å². The van der Waals surface area contributed by atoms with Crippen molar-refractivity contribution in [3.8, 4) is 0 Å². The van der Waals surface area contributed by atoms with Crippen molar-refractivity contribution in [2.24, 2.45) is 0 Å². The number of alkyl halides is 3. The van der Waals surface area contributed by atoms with Crippen LogP contribution < -0.4 is 16.0 Å². The number of carbonyl (C=O) groups is 2. The molecule has 0 radical (unpaired) electrons. The molecule has 0 bridgehead atoms. The molecule has 1 aliphatic rings. The third kappa shape index (κ3) is 6.10. The Kier molecular flexibility index (Phi) is 8.00. The number of esters is 1. The van der Waals surface area contributed by atoms with Crippen LogP contribution in [0.4, 0.5) is 29.3 Å². The van der Waals surface area contributed by atoms with Gasteiger partial charge >= 0.3 is 18.2 Å². The summed E-state index contributed by atoms with van der Waals surface area (Å²) in [6, 6.07) is 9.78. The number of hydrogen-bond donors (Lipinski definition) is 3. The van der Waals surface area contributed by atoms with Gasteiger partial charge in [0.15, 0.2) is 5.11 Å². The zero-order chi connectivity index (χ0) is 25.8. The van der Waals surface area contributed by atoms with E-state index in [2.05, 4.69) is 16.0 Å². The van der Waals surface area contributed by atoms with Crippen LogP contribution in [0, 0.1) is 0 Å². The fourth-order valence-electron chi connectivity index (χ4n) is 3.71. The number of halogens is 3. The number of rotatable bonds is 6. The average molecular weight is 507 g/mol. The molecule has 186 valence electrons. The number of nitrogens with one attached hydrogen (secondary N) is 3. The molecule has 11 heteroatoms. The summed E-state index contributed by atoms with van der Waals surface area (Å²) in [6.07, 6.45) is -4.51. The number of allylic oxidation sites excluding steroid dienone is 1. The first-order chi connectivity index (χ1) is 16.5. The minimum atomic E-state index is -4.51. The van der Waals surface area contributed by atoms with E-state index in [4.69, 9.17) is 17.0 Å². The molecule has 0 spiro atoms. The summed E-state index contributed by atoms with van der Waals surface area (Å²) in [7, 11) is 0. The number of thiocarbonyl (C=S) groups is 1. The number of anilines is 2. The van der Waals surface area contributed by atoms with Crippen LogP contribution in [-0.2, 0) is 15.7 Å². The van der Waals surface area contributed by atoms with Crippen molar-refractivity contribution in [1.82, 2.24) is 10.2 Å². The van der Waals surface area contributed by atoms with E-state index >= 15 is 0 Å². The van der Waals surface area contributed by atoms with Gasteiger partial charge in [0.2, 0.25) is 0 Å². The maximum Gasteiger partial charge on any atom is 0.416 e. The SMILES string of the molecule is CCOC(=O)C1=C(C)N(CC)C(=S)NC1c1ccc(NC(=O)Nc2cccc(C(F)(F)F)c2)cc1. The Morgan fingerprint density at radius 3 is 2.34 bits per heavy atom. The lowest BCUT2D eigenvalue weighted by molar-refractivity contribution is -0.139. The molecule has 2 aromatic carbocycles. The van der Waals surface area contributed by atoms with Gasteiger partial charge < -0.3 is 25.6 Å². The fourth-order valence-corrected chi connectivity index (χ4v) is 4.09. The minimum absolute atomic E-state index is 0.00836. The molecule has 7 nitrogen and oxygen atoms in total. The summed E-state index contributed by atoms with van der Waals surface area (Å²) < 4.78 is 43.9. The lowest BCUT2D eigenvalue weighted by Crippen LogP contribution is -2.47. The highest BCUT2D eigenvalue weighted by molar-refractivity contribution is 7.80. The Bertz CT molecular complexity index is 1150. The normalized spacial score (nSPS) is 16.0. The third-order valence-electron chi connectivity index (χ3n) is 5.36. The van der Waals surface area contributed by atoms with Crippen molar-refractivity contribution in [3.63, 3.8) is 0 Å². The number of ether oxygens (including phenoxy) is 1. The second-order valence-corrected chi connectivity index (χ2v) is 8.01. The molecule has 0 saturated carbocycles. The number of nitrogens with zero attached hydrogens (tertiary/aromatic N) is 1. The van der Waals surface area contributed by atoms with Crippen molar-refractivity contribution < 1.29 is 27.5 Å². The highest BCUT2D eigenvalue weighted by Crippen LogP contribution is 2.32. The Hall–Kier alpha value is -3.60. The van der Waals surface area contributed by atoms with Crippen LogP contribution in [0.2, 0.25) is 0 Å². The standard InChI is InChI=1S/C24H25F3N4O3S/c1-4-31-14(3)19(21(32)34-5-2)20(30-23(31)35)15-9-11-17(12-10-15)28-22(33)29-18-8-6-7-16(13-18)24(25,26)27/h6-13,20H,4-5H2,1-3H3,(H,30,35)(H2,28,29,33). The molecule has 1 unspecified atom stereocenters. The average Bonchev–Trinajstić information content (AvgIpc) is 2.79. The molecule has 35 heavy (non-hydrogen) atoms. The summed E-state index contributed by atoms with van der Waals surface area (Å²) in [4.78, 5) is 26.8.